The summed E-state index contributed by atoms with van der Waals surface area (Å²) in [6, 6.07) is 0. The predicted molar refractivity (Wildman–Crippen MR) is 66.3 cm³/mol. The summed E-state index contributed by atoms with van der Waals surface area (Å²) in [7, 11) is 0. The Hall–Kier alpha value is -1.58. The first kappa shape index (κ1) is 11.9. The van der Waals surface area contributed by atoms with E-state index in [4.69, 9.17) is 0 Å². The van der Waals surface area contributed by atoms with E-state index < -0.39 is 0 Å². The topological polar surface area (TPSA) is 38.1 Å². The largest absolute Gasteiger partial charge is 0.336 e. The van der Waals surface area contributed by atoms with Crippen LogP contribution in [0, 0.1) is 0 Å². The lowest BCUT2D eigenvalue weighted by molar-refractivity contribution is -0.130. The van der Waals surface area contributed by atoms with Gasteiger partial charge in [-0.1, -0.05) is 19.1 Å². The summed E-state index contributed by atoms with van der Waals surface area (Å²) in [5.74, 6) is 0.212. The second kappa shape index (κ2) is 5.66. The Morgan fingerprint density at radius 3 is 3.18 bits per heavy atom. The van der Waals surface area contributed by atoms with Crippen LogP contribution in [0.2, 0.25) is 0 Å². The van der Waals surface area contributed by atoms with E-state index in [9.17, 15) is 4.79 Å². The van der Waals surface area contributed by atoms with Crippen molar-refractivity contribution in [3.63, 3.8) is 0 Å². The Kier molecular flexibility index (Phi) is 3.96. The summed E-state index contributed by atoms with van der Waals surface area (Å²) in [6.07, 6.45) is 10.2. The number of rotatable bonds is 3. The van der Waals surface area contributed by atoms with Crippen LogP contribution in [0.1, 0.15) is 31.9 Å². The third kappa shape index (κ3) is 2.96. The SMILES string of the molecule is CC/C=C/CC(=O)N1CCCn2cncc2C1. The van der Waals surface area contributed by atoms with E-state index in [2.05, 4.69) is 16.5 Å². The molecule has 4 heteroatoms. The average Bonchev–Trinajstić information content (AvgIpc) is 2.66. The molecule has 92 valence electrons. The molecule has 0 unspecified atom stereocenters. The van der Waals surface area contributed by atoms with Gasteiger partial charge < -0.3 is 9.47 Å². The van der Waals surface area contributed by atoms with Crippen LogP contribution in [0.25, 0.3) is 0 Å². The lowest BCUT2D eigenvalue weighted by atomic mass is 10.3. The molecule has 0 aliphatic carbocycles. The third-order valence-electron chi connectivity index (χ3n) is 3.03. The number of carbonyl (C=O) groups is 1. The normalized spacial score (nSPS) is 15.9. The van der Waals surface area contributed by atoms with Gasteiger partial charge in [-0.2, -0.15) is 0 Å². The van der Waals surface area contributed by atoms with Crippen molar-refractivity contribution >= 4 is 5.91 Å². The van der Waals surface area contributed by atoms with Gasteiger partial charge in [0.05, 0.1) is 18.6 Å². The van der Waals surface area contributed by atoms with E-state index >= 15 is 0 Å². The van der Waals surface area contributed by atoms with Gasteiger partial charge in [0.1, 0.15) is 0 Å². The smallest absolute Gasteiger partial charge is 0.226 e. The molecule has 0 radical (unpaired) electrons. The minimum Gasteiger partial charge on any atom is -0.336 e. The van der Waals surface area contributed by atoms with Gasteiger partial charge in [0, 0.05) is 25.7 Å². The molecule has 2 rings (SSSR count). The van der Waals surface area contributed by atoms with Crippen LogP contribution in [0.15, 0.2) is 24.7 Å². The fourth-order valence-electron chi connectivity index (χ4n) is 2.08. The first-order valence-electron chi connectivity index (χ1n) is 6.23. The van der Waals surface area contributed by atoms with Crippen LogP contribution in [0.5, 0.6) is 0 Å². The number of aromatic nitrogens is 2. The zero-order chi connectivity index (χ0) is 12.1. The molecule has 0 spiro atoms. The van der Waals surface area contributed by atoms with Crippen molar-refractivity contribution in [2.75, 3.05) is 6.54 Å². The fraction of sp³-hybridized carbons (Fsp3) is 0.538. The number of fused-ring (bicyclic) bond motifs is 1. The van der Waals surface area contributed by atoms with E-state index in [0.717, 1.165) is 31.6 Å². The quantitative estimate of drug-likeness (QED) is 0.749. The van der Waals surface area contributed by atoms with Gasteiger partial charge >= 0.3 is 0 Å². The number of nitrogens with zero attached hydrogens (tertiary/aromatic N) is 3. The molecule has 1 aromatic rings. The van der Waals surface area contributed by atoms with E-state index in [1.165, 1.54) is 0 Å². The molecule has 1 aliphatic rings. The number of carbonyl (C=O) groups excluding carboxylic acids is 1. The highest BCUT2D eigenvalue weighted by Crippen LogP contribution is 2.12. The van der Waals surface area contributed by atoms with Crippen LogP contribution in [0.3, 0.4) is 0 Å². The molecule has 0 saturated heterocycles. The minimum absolute atomic E-state index is 0.212. The second-order valence-electron chi connectivity index (χ2n) is 4.33. The van der Waals surface area contributed by atoms with Gasteiger partial charge in [0.25, 0.3) is 0 Å². The number of allylic oxidation sites excluding steroid dienone is 1. The number of hydrogen-bond acceptors (Lipinski definition) is 2. The lowest BCUT2D eigenvalue weighted by Crippen LogP contribution is -2.30. The molecule has 4 nitrogen and oxygen atoms in total. The summed E-state index contributed by atoms with van der Waals surface area (Å²) in [5, 5.41) is 0. The van der Waals surface area contributed by atoms with Crippen molar-refractivity contribution in [2.45, 2.75) is 39.3 Å². The Labute approximate surface area is 102 Å². The van der Waals surface area contributed by atoms with Gasteiger partial charge in [0.15, 0.2) is 0 Å². The Morgan fingerprint density at radius 1 is 1.47 bits per heavy atom. The van der Waals surface area contributed by atoms with Crippen molar-refractivity contribution in [2.24, 2.45) is 0 Å². The molecule has 0 saturated carbocycles. The highest BCUT2D eigenvalue weighted by molar-refractivity contribution is 5.77. The second-order valence-corrected chi connectivity index (χ2v) is 4.33. The maximum Gasteiger partial charge on any atom is 0.226 e. The van der Waals surface area contributed by atoms with Crippen LogP contribution in [-0.4, -0.2) is 26.9 Å². The van der Waals surface area contributed by atoms with Crippen LogP contribution >= 0.6 is 0 Å². The van der Waals surface area contributed by atoms with Crippen molar-refractivity contribution < 1.29 is 4.79 Å². The molecule has 1 aliphatic heterocycles. The lowest BCUT2D eigenvalue weighted by Gasteiger charge is -2.19. The monoisotopic (exact) mass is 233 g/mol. The first-order chi connectivity index (χ1) is 8.31. The van der Waals surface area contributed by atoms with Crippen LogP contribution in [0.4, 0.5) is 0 Å². The number of imidazole rings is 1. The molecule has 0 atom stereocenters. The average molecular weight is 233 g/mol. The number of amides is 1. The van der Waals surface area contributed by atoms with Gasteiger partial charge in [-0.3, -0.25) is 4.79 Å². The molecular weight excluding hydrogens is 214 g/mol. The molecule has 0 fully saturated rings. The molecule has 17 heavy (non-hydrogen) atoms. The molecular formula is C13H19N3O. The zero-order valence-electron chi connectivity index (χ0n) is 10.3. The molecule has 0 bridgehead atoms. The van der Waals surface area contributed by atoms with E-state index in [0.29, 0.717) is 13.0 Å². The maximum atomic E-state index is 12.0. The van der Waals surface area contributed by atoms with E-state index in [-0.39, 0.29) is 5.91 Å². The Balaban J connectivity index is 1.98. The minimum atomic E-state index is 0.212. The van der Waals surface area contributed by atoms with Gasteiger partial charge in [-0.05, 0) is 12.8 Å². The highest BCUT2D eigenvalue weighted by Gasteiger charge is 2.17. The third-order valence-corrected chi connectivity index (χ3v) is 3.03. The molecule has 0 N–H and O–H groups in total. The zero-order valence-corrected chi connectivity index (χ0v) is 10.3. The molecule has 1 aromatic heterocycles. The van der Waals surface area contributed by atoms with Crippen molar-refractivity contribution in [3.8, 4) is 0 Å². The molecule has 0 aromatic carbocycles. The Bertz CT molecular complexity index is 409. The number of aryl methyl sites for hydroxylation is 1. The first-order valence-corrected chi connectivity index (χ1v) is 6.23. The predicted octanol–water partition coefficient (Wildman–Crippen LogP) is 1.97. The van der Waals surface area contributed by atoms with Crippen molar-refractivity contribution in [3.05, 3.63) is 30.4 Å². The maximum absolute atomic E-state index is 12.0. The van der Waals surface area contributed by atoms with Gasteiger partial charge in [-0.15, -0.1) is 0 Å². The van der Waals surface area contributed by atoms with Gasteiger partial charge in [0.2, 0.25) is 5.91 Å². The van der Waals surface area contributed by atoms with Crippen molar-refractivity contribution in [1.82, 2.24) is 14.5 Å². The van der Waals surface area contributed by atoms with Crippen molar-refractivity contribution in [1.29, 1.82) is 0 Å². The van der Waals surface area contributed by atoms with E-state index in [1.54, 1.807) is 0 Å². The number of hydrogen-bond donors (Lipinski definition) is 0. The summed E-state index contributed by atoms with van der Waals surface area (Å²) >= 11 is 0. The van der Waals surface area contributed by atoms with Crippen LogP contribution < -0.4 is 0 Å². The van der Waals surface area contributed by atoms with Gasteiger partial charge in [-0.25, -0.2) is 4.98 Å². The standard InChI is InChI=1S/C13H19N3O/c1-2-3-4-6-13(17)15-7-5-8-16-11-14-9-12(16)10-15/h3-4,9,11H,2,5-8,10H2,1H3/b4-3+. The summed E-state index contributed by atoms with van der Waals surface area (Å²) in [6.45, 7) is 4.58. The molecule has 1 amide bonds. The fourth-order valence-corrected chi connectivity index (χ4v) is 2.08. The highest BCUT2D eigenvalue weighted by atomic mass is 16.2. The molecule has 2 heterocycles. The summed E-state index contributed by atoms with van der Waals surface area (Å²) < 4.78 is 2.13. The Morgan fingerprint density at radius 2 is 2.35 bits per heavy atom. The van der Waals surface area contributed by atoms with Crippen LogP contribution in [-0.2, 0) is 17.9 Å². The van der Waals surface area contributed by atoms with E-state index in [1.807, 2.05) is 29.6 Å². The summed E-state index contributed by atoms with van der Waals surface area (Å²) in [5.41, 5.74) is 1.13. The summed E-state index contributed by atoms with van der Waals surface area (Å²) in [4.78, 5) is 18.1.